The summed E-state index contributed by atoms with van der Waals surface area (Å²) in [5.41, 5.74) is 0.936. The van der Waals surface area contributed by atoms with Crippen LogP contribution in [0, 0.1) is 5.92 Å². The molecule has 0 spiro atoms. The van der Waals surface area contributed by atoms with E-state index in [1.165, 1.54) is 32.1 Å². The van der Waals surface area contributed by atoms with Crippen LogP contribution in [0.15, 0.2) is 36.5 Å². The average Bonchev–Trinajstić information content (AvgIpc) is 2.58. The molecule has 126 valence electrons. The fourth-order valence-corrected chi connectivity index (χ4v) is 2.93. The van der Waals surface area contributed by atoms with Gasteiger partial charge in [0, 0.05) is 19.3 Å². The fourth-order valence-electron chi connectivity index (χ4n) is 2.93. The van der Waals surface area contributed by atoms with Gasteiger partial charge in [-0.25, -0.2) is 0 Å². The van der Waals surface area contributed by atoms with Crippen LogP contribution >= 0.6 is 0 Å². The van der Waals surface area contributed by atoms with Gasteiger partial charge in [0.05, 0.1) is 12.2 Å². The molecule has 1 amide bonds. The Balaban J connectivity index is 1.96. The first-order valence-corrected chi connectivity index (χ1v) is 8.67. The highest BCUT2D eigenvalue weighted by molar-refractivity contribution is 5.87. The van der Waals surface area contributed by atoms with Crippen LogP contribution in [0.2, 0.25) is 0 Å². The van der Waals surface area contributed by atoms with Crippen LogP contribution in [0.3, 0.4) is 0 Å². The molecule has 0 aromatic carbocycles. The second-order valence-electron chi connectivity index (χ2n) is 6.64. The summed E-state index contributed by atoms with van der Waals surface area (Å²) in [4.78, 5) is 20.9. The third kappa shape index (κ3) is 6.53. The topological polar surface area (TPSA) is 36.4 Å². The Labute approximate surface area is 140 Å². The minimum Gasteiger partial charge on any atom is -0.332 e. The van der Waals surface area contributed by atoms with Crippen molar-refractivity contribution in [3.05, 3.63) is 42.2 Å². The van der Waals surface area contributed by atoms with Crippen LogP contribution in [0.25, 0.3) is 0 Å². The lowest BCUT2D eigenvalue weighted by Crippen LogP contribution is -2.35. The van der Waals surface area contributed by atoms with Crippen molar-refractivity contribution in [3.63, 3.8) is 0 Å². The maximum atomic E-state index is 12.6. The molecule has 4 heteroatoms. The molecule has 23 heavy (non-hydrogen) atoms. The summed E-state index contributed by atoms with van der Waals surface area (Å²) in [7, 11) is 4.06. The van der Waals surface area contributed by atoms with E-state index >= 15 is 0 Å². The standard InChI is InChI=1S/C19H29N3O/c1-21(2)14-15-22(16-18-10-6-7-13-20-18)19(23)12-11-17-8-4-3-5-9-17/h6-7,10-13,17H,3-5,8-9,14-16H2,1-2H3. The van der Waals surface area contributed by atoms with Gasteiger partial charge in [0.15, 0.2) is 0 Å². The maximum absolute atomic E-state index is 12.6. The molecule has 1 saturated carbocycles. The lowest BCUT2D eigenvalue weighted by atomic mass is 9.89. The van der Waals surface area contributed by atoms with Crippen molar-refractivity contribution in [1.82, 2.24) is 14.8 Å². The van der Waals surface area contributed by atoms with Gasteiger partial charge in [-0.05, 0) is 51.1 Å². The first kappa shape index (κ1) is 17.7. The van der Waals surface area contributed by atoms with E-state index in [2.05, 4.69) is 16.0 Å². The van der Waals surface area contributed by atoms with Crippen LogP contribution in [-0.2, 0) is 11.3 Å². The highest BCUT2D eigenvalue weighted by Gasteiger charge is 2.14. The predicted molar refractivity (Wildman–Crippen MR) is 93.9 cm³/mol. The Kier molecular flexibility index (Phi) is 7.27. The number of rotatable bonds is 7. The lowest BCUT2D eigenvalue weighted by molar-refractivity contribution is -0.126. The number of hydrogen-bond donors (Lipinski definition) is 0. The Bertz CT molecular complexity index is 493. The second kappa shape index (κ2) is 9.46. The summed E-state index contributed by atoms with van der Waals surface area (Å²) in [5, 5.41) is 0. The molecule has 0 saturated heterocycles. The molecule has 0 atom stereocenters. The number of pyridine rings is 1. The number of amides is 1. The predicted octanol–water partition coefficient (Wildman–Crippen LogP) is 3.11. The van der Waals surface area contributed by atoms with E-state index in [4.69, 9.17) is 0 Å². The van der Waals surface area contributed by atoms with Gasteiger partial charge in [-0.1, -0.05) is 31.4 Å². The van der Waals surface area contributed by atoms with Crippen molar-refractivity contribution in [2.75, 3.05) is 27.2 Å². The van der Waals surface area contributed by atoms with Crippen molar-refractivity contribution in [3.8, 4) is 0 Å². The average molecular weight is 315 g/mol. The molecule has 2 rings (SSSR count). The zero-order valence-electron chi connectivity index (χ0n) is 14.4. The summed E-state index contributed by atoms with van der Waals surface area (Å²) in [6.45, 7) is 2.15. The Hall–Kier alpha value is -1.68. The molecule has 0 N–H and O–H groups in total. The summed E-state index contributed by atoms with van der Waals surface area (Å²) < 4.78 is 0. The van der Waals surface area contributed by atoms with E-state index < -0.39 is 0 Å². The molecule has 1 heterocycles. The number of hydrogen-bond acceptors (Lipinski definition) is 3. The molecule has 4 nitrogen and oxygen atoms in total. The van der Waals surface area contributed by atoms with Crippen LogP contribution in [0.5, 0.6) is 0 Å². The van der Waals surface area contributed by atoms with Crippen molar-refractivity contribution < 1.29 is 4.79 Å². The molecule has 0 aliphatic heterocycles. The molecule has 1 aliphatic carbocycles. The van der Waals surface area contributed by atoms with E-state index in [0.717, 1.165) is 18.8 Å². The molecular formula is C19H29N3O. The summed E-state index contributed by atoms with van der Waals surface area (Å²) in [6.07, 6.45) is 12.1. The minimum atomic E-state index is 0.100. The van der Waals surface area contributed by atoms with E-state index in [1.54, 1.807) is 12.3 Å². The van der Waals surface area contributed by atoms with Gasteiger partial charge >= 0.3 is 0 Å². The first-order valence-electron chi connectivity index (χ1n) is 8.67. The first-order chi connectivity index (χ1) is 11.1. The van der Waals surface area contributed by atoms with Crippen LogP contribution in [0.4, 0.5) is 0 Å². The van der Waals surface area contributed by atoms with E-state index in [9.17, 15) is 4.79 Å². The van der Waals surface area contributed by atoms with Gasteiger partial charge in [-0.3, -0.25) is 9.78 Å². The number of aromatic nitrogens is 1. The van der Waals surface area contributed by atoms with Gasteiger partial charge in [0.2, 0.25) is 5.91 Å². The molecule has 1 aromatic rings. The molecule has 0 bridgehead atoms. The SMILES string of the molecule is CN(C)CCN(Cc1ccccn1)C(=O)C=CC1CCCCC1. The Morgan fingerprint density at radius 1 is 1.22 bits per heavy atom. The zero-order valence-corrected chi connectivity index (χ0v) is 14.4. The smallest absolute Gasteiger partial charge is 0.246 e. The van der Waals surface area contributed by atoms with Crippen LogP contribution in [0.1, 0.15) is 37.8 Å². The summed E-state index contributed by atoms with van der Waals surface area (Å²) in [5.74, 6) is 0.682. The molecular weight excluding hydrogens is 286 g/mol. The lowest BCUT2D eigenvalue weighted by Gasteiger charge is -2.23. The van der Waals surface area contributed by atoms with E-state index in [1.807, 2.05) is 37.2 Å². The summed E-state index contributed by atoms with van der Waals surface area (Å²) in [6, 6.07) is 5.84. The number of carbonyl (C=O) groups excluding carboxylic acids is 1. The van der Waals surface area contributed by atoms with Gasteiger partial charge in [0.25, 0.3) is 0 Å². The molecule has 0 radical (unpaired) electrons. The largest absolute Gasteiger partial charge is 0.332 e. The Morgan fingerprint density at radius 2 is 2.00 bits per heavy atom. The van der Waals surface area contributed by atoms with Gasteiger partial charge in [-0.2, -0.15) is 0 Å². The Morgan fingerprint density at radius 3 is 2.65 bits per heavy atom. The van der Waals surface area contributed by atoms with Crippen LogP contribution in [-0.4, -0.2) is 47.9 Å². The molecule has 1 fully saturated rings. The van der Waals surface area contributed by atoms with Gasteiger partial charge in [-0.15, -0.1) is 0 Å². The van der Waals surface area contributed by atoms with Crippen LogP contribution < -0.4 is 0 Å². The zero-order chi connectivity index (χ0) is 16.5. The minimum absolute atomic E-state index is 0.100. The second-order valence-corrected chi connectivity index (χ2v) is 6.64. The molecule has 0 unspecified atom stereocenters. The van der Waals surface area contributed by atoms with Crippen molar-refractivity contribution in [2.45, 2.75) is 38.6 Å². The van der Waals surface area contributed by atoms with Gasteiger partial charge in [0.1, 0.15) is 0 Å². The number of likely N-dealkylation sites (N-methyl/N-ethyl adjacent to an activating group) is 1. The van der Waals surface area contributed by atoms with E-state index in [0.29, 0.717) is 12.5 Å². The fraction of sp³-hybridized carbons (Fsp3) is 0.579. The molecule has 1 aliphatic rings. The normalized spacial score (nSPS) is 16.1. The van der Waals surface area contributed by atoms with E-state index in [-0.39, 0.29) is 5.91 Å². The number of allylic oxidation sites excluding steroid dienone is 1. The van der Waals surface area contributed by atoms with Crippen molar-refractivity contribution in [1.29, 1.82) is 0 Å². The number of carbonyl (C=O) groups is 1. The highest BCUT2D eigenvalue weighted by atomic mass is 16.2. The third-order valence-corrected chi connectivity index (χ3v) is 4.37. The van der Waals surface area contributed by atoms with Crippen molar-refractivity contribution in [2.24, 2.45) is 5.92 Å². The number of nitrogens with zero attached hydrogens (tertiary/aromatic N) is 3. The van der Waals surface area contributed by atoms with Gasteiger partial charge < -0.3 is 9.80 Å². The third-order valence-electron chi connectivity index (χ3n) is 4.37. The monoisotopic (exact) mass is 315 g/mol. The highest BCUT2D eigenvalue weighted by Crippen LogP contribution is 2.24. The quantitative estimate of drug-likeness (QED) is 0.725. The molecule has 1 aromatic heterocycles. The maximum Gasteiger partial charge on any atom is 0.246 e. The summed E-state index contributed by atoms with van der Waals surface area (Å²) >= 11 is 0. The van der Waals surface area contributed by atoms with Crippen molar-refractivity contribution >= 4 is 5.91 Å².